The molecule has 1 fully saturated rings. The summed E-state index contributed by atoms with van der Waals surface area (Å²) in [5.74, 6) is 0.319. The van der Waals surface area contributed by atoms with E-state index in [9.17, 15) is 14.0 Å². The molecule has 2 heterocycles. The second kappa shape index (κ2) is 8.81. The Kier molecular flexibility index (Phi) is 6.24. The van der Waals surface area contributed by atoms with Gasteiger partial charge in [0.25, 0.3) is 11.8 Å². The van der Waals surface area contributed by atoms with Gasteiger partial charge in [-0.25, -0.2) is 4.39 Å². The van der Waals surface area contributed by atoms with Gasteiger partial charge in [0.05, 0.1) is 0 Å². The second-order valence-corrected chi connectivity index (χ2v) is 6.68. The Hall–Kier alpha value is -2.67. The van der Waals surface area contributed by atoms with Gasteiger partial charge in [-0.3, -0.25) is 9.59 Å². The lowest BCUT2D eigenvalue weighted by molar-refractivity contribution is 0.0632. The summed E-state index contributed by atoms with van der Waals surface area (Å²) in [5.41, 5.74) is 0.418. The molecule has 3 rings (SSSR count). The fourth-order valence-corrected chi connectivity index (χ4v) is 3.23. The summed E-state index contributed by atoms with van der Waals surface area (Å²) < 4.78 is 23.5. The van der Waals surface area contributed by atoms with Crippen molar-refractivity contribution in [3.8, 4) is 0 Å². The van der Waals surface area contributed by atoms with Gasteiger partial charge in [0.2, 0.25) is 0 Å². The summed E-state index contributed by atoms with van der Waals surface area (Å²) in [6.45, 7) is 2.02. The maximum absolute atomic E-state index is 12.9. The number of methoxy groups -OCH3 is 1. The van der Waals surface area contributed by atoms with Gasteiger partial charge >= 0.3 is 0 Å². The monoisotopic (exact) mass is 374 g/mol. The predicted octanol–water partition coefficient (Wildman–Crippen LogP) is 2.85. The zero-order valence-corrected chi connectivity index (χ0v) is 15.2. The van der Waals surface area contributed by atoms with Crippen molar-refractivity contribution in [3.05, 3.63) is 59.3 Å². The molecule has 0 spiro atoms. The summed E-state index contributed by atoms with van der Waals surface area (Å²) in [6, 6.07) is 8.83. The Morgan fingerprint density at radius 3 is 2.78 bits per heavy atom. The van der Waals surface area contributed by atoms with E-state index >= 15 is 0 Å². The largest absolute Gasteiger partial charge is 0.453 e. The average Bonchev–Trinajstić information content (AvgIpc) is 3.15. The van der Waals surface area contributed by atoms with Crippen LogP contribution in [0.2, 0.25) is 0 Å². The third kappa shape index (κ3) is 4.95. The molecule has 1 unspecified atom stereocenters. The zero-order valence-electron chi connectivity index (χ0n) is 15.2. The van der Waals surface area contributed by atoms with Crippen molar-refractivity contribution in [2.24, 2.45) is 5.92 Å². The average molecular weight is 374 g/mol. The Morgan fingerprint density at radius 2 is 2.04 bits per heavy atom. The van der Waals surface area contributed by atoms with E-state index in [4.69, 9.17) is 9.15 Å². The number of rotatable bonds is 6. The van der Waals surface area contributed by atoms with E-state index in [2.05, 4.69) is 5.32 Å². The lowest BCUT2D eigenvalue weighted by Crippen LogP contribution is -2.43. The van der Waals surface area contributed by atoms with Crippen LogP contribution >= 0.6 is 0 Å². The van der Waals surface area contributed by atoms with E-state index in [1.54, 1.807) is 24.1 Å². The minimum absolute atomic E-state index is 0.146. The number of nitrogens with zero attached hydrogens (tertiary/aromatic N) is 1. The van der Waals surface area contributed by atoms with Crippen molar-refractivity contribution in [2.45, 2.75) is 19.4 Å². The highest BCUT2D eigenvalue weighted by Crippen LogP contribution is 2.19. The highest BCUT2D eigenvalue weighted by Gasteiger charge is 2.26. The maximum Gasteiger partial charge on any atom is 0.289 e. The number of hydrogen-bond acceptors (Lipinski definition) is 4. The van der Waals surface area contributed by atoms with Crippen molar-refractivity contribution in [2.75, 3.05) is 26.7 Å². The molecule has 1 aliphatic heterocycles. The molecule has 1 aromatic heterocycles. The molecule has 1 atom stereocenters. The maximum atomic E-state index is 12.9. The van der Waals surface area contributed by atoms with Crippen molar-refractivity contribution >= 4 is 11.8 Å². The molecular formula is C20H23FN2O4. The van der Waals surface area contributed by atoms with Gasteiger partial charge in [-0.1, -0.05) is 0 Å². The van der Waals surface area contributed by atoms with Crippen molar-refractivity contribution in [3.63, 3.8) is 0 Å². The Balaban J connectivity index is 1.53. The molecule has 1 aliphatic rings. The predicted molar refractivity (Wildman–Crippen MR) is 96.8 cm³/mol. The molecule has 0 bridgehead atoms. The molecule has 6 nitrogen and oxygen atoms in total. The molecule has 1 aromatic carbocycles. The fourth-order valence-electron chi connectivity index (χ4n) is 3.23. The number of ether oxygens (including phenoxy) is 1. The summed E-state index contributed by atoms with van der Waals surface area (Å²) in [7, 11) is 1.57. The summed E-state index contributed by atoms with van der Waals surface area (Å²) >= 11 is 0. The number of amides is 2. The van der Waals surface area contributed by atoms with E-state index in [0.29, 0.717) is 43.3 Å². The molecule has 0 radical (unpaired) electrons. The Morgan fingerprint density at radius 1 is 1.26 bits per heavy atom. The third-order valence-corrected chi connectivity index (χ3v) is 4.62. The van der Waals surface area contributed by atoms with Crippen LogP contribution in [0.1, 0.15) is 39.5 Å². The van der Waals surface area contributed by atoms with Crippen LogP contribution in [0, 0.1) is 11.7 Å². The highest BCUT2D eigenvalue weighted by molar-refractivity contribution is 5.94. The first-order chi connectivity index (χ1) is 13.1. The number of nitrogens with one attached hydrogen (secondary N) is 1. The van der Waals surface area contributed by atoms with Crippen LogP contribution in [0.5, 0.6) is 0 Å². The summed E-state index contributed by atoms with van der Waals surface area (Å²) in [4.78, 5) is 26.5. The van der Waals surface area contributed by atoms with Crippen LogP contribution in [0.4, 0.5) is 4.39 Å². The number of furan rings is 1. The van der Waals surface area contributed by atoms with Crippen LogP contribution in [-0.2, 0) is 11.3 Å². The van der Waals surface area contributed by atoms with Crippen LogP contribution < -0.4 is 5.32 Å². The first kappa shape index (κ1) is 19.1. The normalized spacial score (nSPS) is 17.0. The first-order valence-electron chi connectivity index (χ1n) is 8.97. The van der Waals surface area contributed by atoms with Gasteiger partial charge in [0.15, 0.2) is 5.76 Å². The number of halogens is 1. The number of carbonyl (C=O) groups is 2. The Bertz CT molecular complexity index is 788. The second-order valence-electron chi connectivity index (χ2n) is 6.68. The SMILES string of the molecule is COCc1ccc(C(=O)N2CCCC(CNC(=O)c3ccc(F)cc3)C2)o1. The molecule has 2 aromatic rings. The third-order valence-electron chi connectivity index (χ3n) is 4.62. The minimum Gasteiger partial charge on any atom is -0.453 e. The van der Waals surface area contributed by atoms with Crippen molar-refractivity contribution in [1.29, 1.82) is 0 Å². The van der Waals surface area contributed by atoms with Crippen LogP contribution in [-0.4, -0.2) is 43.5 Å². The lowest BCUT2D eigenvalue weighted by atomic mass is 9.97. The minimum atomic E-state index is -0.375. The molecule has 2 amide bonds. The topological polar surface area (TPSA) is 71.8 Å². The molecule has 27 heavy (non-hydrogen) atoms. The van der Waals surface area contributed by atoms with Crippen molar-refractivity contribution < 1.29 is 23.1 Å². The first-order valence-corrected chi connectivity index (χ1v) is 8.97. The highest BCUT2D eigenvalue weighted by atomic mass is 19.1. The number of likely N-dealkylation sites (tertiary alicyclic amines) is 1. The number of carbonyl (C=O) groups excluding carboxylic acids is 2. The quantitative estimate of drug-likeness (QED) is 0.844. The van der Waals surface area contributed by atoms with E-state index in [1.165, 1.54) is 24.3 Å². The van der Waals surface area contributed by atoms with Crippen LogP contribution in [0.15, 0.2) is 40.8 Å². The van der Waals surface area contributed by atoms with E-state index < -0.39 is 0 Å². The Labute approximate surface area is 157 Å². The van der Waals surface area contributed by atoms with E-state index in [1.807, 2.05) is 0 Å². The van der Waals surface area contributed by atoms with Gasteiger partial charge in [-0.15, -0.1) is 0 Å². The van der Waals surface area contributed by atoms with E-state index in [-0.39, 0.29) is 23.5 Å². The number of benzene rings is 1. The fraction of sp³-hybridized carbons (Fsp3) is 0.400. The molecular weight excluding hydrogens is 351 g/mol. The molecule has 1 N–H and O–H groups in total. The molecule has 1 saturated heterocycles. The van der Waals surface area contributed by atoms with Crippen LogP contribution in [0.25, 0.3) is 0 Å². The van der Waals surface area contributed by atoms with Gasteiger partial charge < -0.3 is 19.4 Å². The zero-order chi connectivity index (χ0) is 19.2. The summed E-state index contributed by atoms with van der Waals surface area (Å²) in [5, 5.41) is 2.87. The van der Waals surface area contributed by atoms with Gasteiger partial charge in [0, 0.05) is 32.3 Å². The van der Waals surface area contributed by atoms with Gasteiger partial charge in [-0.2, -0.15) is 0 Å². The molecule has 0 saturated carbocycles. The van der Waals surface area contributed by atoms with Gasteiger partial charge in [0.1, 0.15) is 18.2 Å². The molecule has 7 heteroatoms. The number of piperidine rings is 1. The van der Waals surface area contributed by atoms with Crippen LogP contribution in [0.3, 0.4) is 0 Å². The smallest absolute Gasteiger partial charge is 0.289 e. The van der Waals surface area contributed by atoms with Gasteiger partial charge in [-0.05, 0) is 55.2 Å². The molecule has 144 valence electrons. The summed E-state index contributed by atoms with van der Waals surface area (Å²) in [6.07, 6.45) is 1.80. The number of hydrogen-bond donors (Lipinski definition) is 1. The lowest BCUT2D eigenvalue weighted by Gasteiger charge is -2.32. The molecule has 0 aliphatic carbocycles. The standard InChI is InChI=1S/C20H23FN2O4/c1-26-13-17-8-9-18(27-17)20(25)23-10-2-3-14(12-23)11-22-19(24)15-4-6-16(21)7-5-15/h4-9,14H,2-3,10-13H2,1H3,(H,22,24). The van der Waals surface area contributed by atoms with E-state index in [0.717, 1.165) is 12.8 Å². The van der Waals surface area contributed by atoms with Crippen molar-refractivity contribution in [1.82, 2.24) is 10.2 Å².